The second-order valence-electron chi connectivity index (χ2n) is 4.85. The minimum Gasteiger partial charge on any atom is -0.481 e. The van der Waals surface area contributed by atoms with Crippen molar-refractivity contribution in [2.45, 2.75) is 6.92 Å². The van der Waals surface area contributed by atoms with Gasteiger partial charge in [0.05, 0.1) is 19.4 Å². The molecule has 0 atom stereocenters. The van der Waals surface area contributed by atoms with Crippen molar-refractivity contribution in [3.05, 3.63) is 60.7 Å². The molecule has 0 amide bonds. The minimum atomic E-state index is -2.76. The zero-order chi connectivity index (χ0) is 15.8. The summed E-state index contributed by atoms with van der Waals surface area (Å²) < 4.78 is 18.7. The highest BCUT2D eigenvalue weighted by Crippen LogP contribution is 2.41. The van der Waals surface area contributed by atoms with Crippen LogP contribution in [0.2, 0.25) is 0 Å². The van der Waals surface area contributed by atoms with Crippen molar-refractivity contribution < 1.29 is 9.30 Å². The van der Waals surface area contributed by atoms with Crippen LogP contribution in [-0.2, 0) is 9.30 Å². The maximum absolute atomic E-state index is 13.6. The van der Waals surface area contributed by atoms with Gasteiger partial charge in [-0.05, 0) is 6.92 Å². The van der Waals surface area contributed by atoms with Crippen molar-refractivity contribution >= 4 is 23.6 Å². The van der Waals surface area contributed by atoms with Crippen LogP contribution in [0.5, 0.6) is 0 Å². The summed E-state index contributed by atoms with van der Waals surface area (Å²) in [5.74, 6) is 0.162. The van der Waals surface area contributed by atoms with E-state index in [0.29, 0.717) is 12.9 Å². The zero-order valence-electron chi connectivity index (χ0n) is 12.7. The monoisotopic (exact) mass is 316 g/mol. The Kier molecular flexibility index (Phi) is 5.93. The standard InChI is InChI=1S/C17H21N2O2P/c1-2-21-17(18)13-19-14-22(20,15-9-5-3-6-10-15)16-11-7-4-8-12-16/h3-12,18-19H,2,13-14H2,1H3. The normalized spacial score (nSPS) is 11.1. The van der Waals surface area contributed by atoms with Gasteiger partial charge in [0.25, 0.3) is 0 Å². The molecule has 0 radical (unpaired) electrons. The van der Waals surface area contributed by atoms with Gasteiger partial charge in [-0.2, -0.15) is 0 Å². The van der Waals surface area contributed by atoms with Crippen molar-refractivity contribution in [1.29, 1.82) is 5.41 Å². The molecule has 2 N–H and O–H groups in total. The Morgan fingerprint density at radius 1 is 1.05 bits per heavy atom. The number of benzene rings is 2. The van der Waals surface area contributed by atoms with E-state index in [0.717, 1.165) is 10.6 Å². The number of nitrogens with one attached hydrogen (secondary N) is 2. The second kappa shape index (κ2) is 7.92. The maximum Gasteiger partial charge on any atom is 0.194 e. The van der Waals surface area contributed by atoms with Gasteiger partial charge in [-0.3, -0.25) is 5.41 Å². The van der Waals surface area contributed by atoms with Crippen LogP contribution in [-0.4, -0.2) is 25.3 Å². The highest BCUT2D eigenvalue weighted by Gasteiger charge is 2.26. The van der Waals surface area contributed by atoms with Gasteiger partial charge in [0.1, 0.15) is 0 Å². The number of ether oxygens (including phenoxy) is 1. The molecular formula is C17H21N2O2P. The van der Waals surface area contributed by atoms with E-state index in [4.69, 9.17) is 10.1 Å². The van der Waals surface area contributed by atoms with Gasteiger partial charge in [0.15, 0.2) is 13.0 Å². The van der Waals surface area contributed by atoms with Crippen molar-refractivity contribution in [2.75, 3.05) is 19.4 Å². The summed E-state index contributed by atoms with van der Waals surface area (Å²) in [4.78, 5) is 0. The molecule has 5 heteroatoms. The van der Waals surface area contributed by atoms with Crippen LogP contribution in [0.15, 0.2) is 60.7 Å². The Balaban J connectivity index is 2.20. The first-order valence-corrected chi connectivity index (χ1v) is 9.17. The molecule has 2 rings (SSSR count). The predicted molar refractivity (Wildman–Crippen MR) is 92.0 cm³/mol. The lowest BCUT2D eigenvalue weighted by atomic mass is 10.4. The first-order chi connectivity index (χ1) is 10.7. The lowest BCUT2D eigenvalue weighted by Crippen LogP contribution is -2.30. The summed E-state index contributed by atoms with van der Waals surface area (Å²) >= 11 is 0. The fraction of sp³-hybridized carbons (Fsp3) is 0.235. The average molecular weight is 316 g/mol. The molecule has 0 aromatic heterocycles. The fourth-order valence-electron chi connectivity index (χ4n) is 2.22. The third-order valence-electron chi connectivity index (χ3n) is 3.29. The van der Waals surface area contributed by atoms with E-state index in [1.54, 1.807) is 0 Å². The van der Waals surface area contributed by atoms with Crippen molar-refractivity contribution in [3.63, 3.8) is 0 Å². The number of hydrogen-bond acceptors (Lipinski definition) is 4. The SMILES string of the molecule is CCOC(=N)CNCP(=O)(c1ccccc1)c1ccccc1. The van der Waals surface area contributed by atoms with Gasteiger partial charge in [0.2, 0.25) is 0 Å². The minimum absolute atomic E-state index is 0.162. The predicted octanol–water partition coefficient (Wildman–Crippen LogP) is 2.56. The Morgan fingerprint density at radius 2 is 1.55 bits per heavy atom. The first kappa shape index (κ1) is 16.5. The summed E-state index contributed by atoms with van der Waals surface area (Å²) in [5, 5.41) is 12.4. The van der Waals surface area contributed by atoms with Crippen molar-refractivity contribution in [2.24, 2.45) is 0 Å². The highest BCUT2D eigenvalue weighted by atomic mass is 31.2. The van der Waals surface area contributed by atoms with E-state index in [2.05, 4.69) is 5.32 Å². The molecular weight excluding hydrogens is 295 g/mol. The molecule has 0 saturated carbocycles. The Labute approximate surface area is 131 Å². The lowest BCUT2D eigenvalue weighted by molar-refractivity contribution is 0.315. The molecule has 22 heavy (non-hydrogen) atoms. The quantitative estimate of drug-likeness (QED) is 0.469. The fourth-order valence-corrected chi connectivity index (χ4v) is 4.62. The third-order valence-corrected chi connectivity index (χ3v) is 6.22. The summed E-state index contributed by atoms with van der Waals surface area (Å²) in [5.41, 5.74) is 0. The lowest BCUT2D eigenvalue weighted by Gasteiger charge is -2.20. The zero-order valence-corrected chi connectivity index (χ0v) is 13.6. The van der Waals surface area contributed by atoms with Gasteiger partial charge >= 0.3 is 0 Å². The van der Waals surface area contributed by atoms with Gasteiger partial charge < -0.3 is 14.6 Å². The van der Waals surface area contributed by atoms with Gasteiger partial charge in [0, 0.05) is 10.6 Å². The molecule has 0 aliphatic heterocycles. The Bertz CT molecular complexity index is 601. The summed E-state index contributed by atoms with van der Waals surface area (Å²) in [6.45, 7) is 2.58. The van der Waals surface area contributed by atoms with E-state index in [1.807, 2.05) is 67.6 Å². The molecule has 2 aromatic rings. The van der Waals surface area contributed by atoms with Crippen LogP contribution in [0.1, 0.15) is 6.92 Å². The van der Waals surface area contributed by atoms with Gasteiger partial charge in [-0.1, -0.05) is 60.7 Å². The van der Waals surface area contributed by atoms with Gasteiger partial charge in [-0.15, -0.1) is 0 Å². The average Bonchev–Trinajstić information content (AvgIpc) is 2.56. The smallest absolute Gasteiger partial charge is 0.194 e. The summed E-state index contributed by atoms with van der Waals surface area (Å²) in [7, 11) is -2.76. The van der Waals surface area contributed by atoms with Gasteiger partial charge in [-0.25, -0.2) is 0 Å². The highest BCUT2D eigenvalue weighted by molar-refractivity contribution is 7.78. The molecule has 0 bridgehead atoms. The molecule has 0 aliphatic carbocycles. The topological polar surface area (TPSA) is 62.2 Å². The van der Waals surface area contributed by atoms with E-state index in [9.17, 15) is 4.57 Å². The van der Waals surface area contributed by atoms with E-state index < -0.39 is 7.14 Å². The second-order valence-corrected chi connectivity index (χ2v) is 7.68. The largest absolute Gasteiger partial charge is 0.481 e. The number of rotatable bonds is 7. The molecule has 2 aromatic carbocycles. The molecule has 0 fully saturated rings. The van der Waals surface area contributed by atoms with Crippen LogP contribution >= 0.6 is 7.14 Å². The summed E-state index contributed by atoms with van der Waals surface area (Å²) in [6, 6.07) is 19.0. The van der Waals surface area contributed by atoms with Crippen LogP contribution in [0.3, 0.4) is 0 Å². The van der Waals surface area contributed by atoms with Crippen LogP contribution in [0.4, 0.5) is 0 Å². The Morgan fingerprint density at radius 3 is 2.00 bits per heavy atom. The molecule has 0 spiro atoms. The maximum atomic E-state index is 13.6. The van der Waals surface area contributed by atoms with E-state index in [-0.39, 0.29) is 12.4 Å². The van der Waals surface area contributed by atoms with Crippen molar-refractivity contribution in [3.8, 4) is 0 Å². The molecule has 116 valence electrons. The Hall–Kier alpha value is -1.90. The van der Waals surface area contributed by atoms with Crippen LogP contribution < -0.4 is 15.9 Å². The van der Waals surface area contributed by atoms with Crippen LogP contribution in [0.25, 0.3) is 0 Å². The number of hydrogen-bond donors (Lipinski definition) is 2. The molecule has 0 aliphatic rings. The molecule has 0 saturated heterocycles. The molecule has 0 heterocycles. The summed E-state index contributed by atoms with van der Waals surface area (Å²) in [6.07, 6.45) is 0.302. The first-order valence-electron chi connectivity index (χ1n) is 7.28. The van der Waals surface area contributed by atoms with Crippen molar-refractivity contribution in [1.82, 2.24) is 5.32 Å². The molecule has 4 nitrogen and oxygen atoms in total. The van der Waals surface area contributed by atoms with E-state index in [1.165, 1.54) is 0 Å². The molecule has 0 unspecified atom stereocenters. The van der Waals surface area contributed by atoms with E-state index >= 15 is 0 Å². The third kappa shape index (κ3) is 4.06. The van der Waals surface area contributed by atoms with Crippen LogP contribution in [0, 0.1) is 5.41 Å².